The predicted molar refractivity (Wildman–Crippen MR) is 92.2 cm³/mol. The van der Waals surface area contributed by atoms with E-state index in [0.29, 0.717) is 12.5 Å². The minimum absolute atomic E-state index is 0.151. The second-order valence-electron chi connectivity index (χ2n) is 6.31. The number of hydrogen-bond acceptors (Lipinski definition) is 3. The van der Waals surface area contributed by atoms with Crippen LogP contribution in [0.25, 0.3) is 0 Å². The number of nitrogens with one attached hydrogen (secondary N) is 2. The topological polar surface area (TPSA) is 65.2 Å². The van der Waals surface area contributed by atoms with Crippen LogP contribution in [0.5, 0.6) is 0 Å². The number of pyridine rings is 1. The van der Waals surface area contributed by atoms with Crippen molar-refractivity contribution >= 4 is 17.3 Å². The Morgan fingerprint density at radius 1 is 1.22 bits per heavy atom. The lowest BCUT2D eigenvalue weighted by Crippen LogP contribution is -2.48. The van der Waals surface area contributed by atoms with Gasteiger partial charge in [-0.15, -0.1) is 0 Å². The van der Waals surface area contributed by atoms with Crippen LogP contribution in [0, 0.1) is 12.8 Å². The van der Waals surface area contributed by atoms with Crippen LogP contribution < -0.4 is 15.8 Å². The lowest BCUT2D eigenvalue weighted by Gasteiger charge is -2.37. The molecule has 1 aromatic carbocycles. The van der Waals surface area contributed by atoms with E-state index in [9.17, 15) is 9.59 Å². The molecule has 5 heteroatoms. The number of carbonyl (C=O) groups excluding carboxylic acids is 1. The van der Waals surface area contributed by atoms with Crippen LogP contribution in [0.3, 0.4) is 0 Å². The molecule has 120 valence electrons. The second kappa shape index (κ2) is 5.91. The fourth-order valence-corrected chi connectivity index (χ4v) is 2.83. The fraction of sp³-hybridized carbons (Fsp3) is 0.333. The average molecular weight is 311 g/mol. The van der Waals surface area contributed by atoms with Crippen molar-refractivity contribution in [2.24, 2.45) is 5.92 Å². The van der Waals surface area contributed by atoms with E-state index in [1.54, 1.807) is 24.0 Å². The maximum atomic E-state index is 12.9. The van der Waals surface area contributed by atoms with E-state index in [2.05, 4.69) is 24.1 Å². The number of benzene rings is 1. The molecule has 23 heavy (non-hydrogen) atoms. The molecule has 1 aromatic heterocycles. The van der Waals surface area contributed by atoms with Gasteiger partial charge in [0.05, 0.1) is 11.4 Å². The van der Waals surface area contributed by atoms with Crippen molar-refractivity contribution in [1.29, 1.82) is 0 Å². The molecule has 0 aliphatic carbocycles. The van der Waals surface area contributed by atoms with Crippen molar-refractivity contribution in [2.75, 3.05) is 16.8 Å². The molecule has 0 radical (unpaired) electrons. The summed E-state index contributed by atoms with van der Waals surface area (Å²) in [6, 6.07) is 11.2. The third-order valence-electron chi connectivity index (χ3n) is 4.25. The number of amides is 1. The molecule has 0 saturated heterocycles. The van der Waals surface area contributed by atoms with Crippen LogP contribution in [-0.4, -0.2) is 23.5 Å². The van der Waals surface area contributed by atoms with E-state index in [1.165, 1.54) is 0 Å². The zero-order chi connectivity index (χ0) is 16.6. The number of hydrogen-bond donors (Lipinski definition) is 2. The number of anilines is 2. The Bertz CT molecular complexity index is 795. The van der Waals surface area contributed by atoms with Crippen molar-refractivity contribution in [1.82, 2.24) is 4.98 Å². The normalized spacial score (nSPS) is 16.9. The second-order valence-corrected chi connectivity index (χ2v) is 6.31. The summed E-state index contributed by atoms with van der Waals surface area (Å²) in [5.74, 6) is 0.112. The number of aryl methyl sites for hydroxylation is 1. The van der Waals surface area contributed by atoms with Gasteiger partial charge in [-0.2, -0.15) is 0 Å². The standard InChI is InChI=1S/C18H21N3O2/c1-11(2)15-10-21(16-7-5-4-6-14(16)20-15)18(23)13-9-8-12(3)19-17(13)22/h4-9,11,15,20H,10H2,1-3H3,(H,19,22)/t15-/m1/s1. The smallest absolute Gasteiger partial charge is 0.264 e. The van der Waals surface area contributed by atoms with E-state index < -0.39 is 0 Å². The SMILES string of the molecule is Cc1ccc(C(=O)N2C[C@H](C(C)C)Nc3ccccc32)c(=O)[nH]1. The van der Waals surface area contributed by atoms with Crippen LogP contribution in [0.4, 0.5) is 11.4 Å². The van der Waals surface area contributed by atoms with Gasteiger partial charge in [0.2, 0.25) is 0 Å². The van der Waals surface area contributed by atoms with Gasteiger partial charge in [0.25, 0.3) is 11.5 Å². The first kappa shape index (κ1) is 15.3. The maximum Gasteiger partial charge on any atom is 0.264 e. The van der Waals surface area contributed by atoms with Gasteiger partial charge in [0.1, 0.15) is 5.56 Å². The van der Waals surface area contributed by atoms with E-state index in [0.717, 1.165) is 17.1 Å². The van der Waals surface area contributed by atoms with Crippen LogP contribution in [0.2, 0.25) is 0 Å². The molecule has 2 N–H and O–H groups in total. The third kappa shape index (κ3) is 2.86. The molecule has 0 spiro atoms. The molecule has 1 amide bonds. The fourth-order valence-electron chi connectivity index (χ4n) is 2.83. The Balaban J connectivity index is 2.03. The van der Waals surface area contributed by atoms with Crippen molar-refractivity contribution in [3.63, 3.8) is 0 Å². The Labute approximate surface area is 135 Å². The summed E-state index contributed by atoms with van der Waals surface area (Å²) < 4.78 is 0. The minimum Gasteiger partial charge on any atom is -0.379 e. The summed E-state index contributed by atoms with van der Waals surface area (Å²) >= 11 is 0. The molecule has 0 saturated carbocycles. The molecule has 5 nitrogen and oxygen atoms in total. The van der Waals surface area contributed by atoms with Gasteiger partial charge >= 0.3 is 0 Å². The summed E-state index contributed by atoms with van der Waals surface area (Å²) in [4.78, 5) is 29.5. The predicted octanol–water partition coefficient (Wildman–Crippen LogP) is 2.78. The monoisotopic (exact) mass is 311 g/mol. The third-order valence-corrected chi connectivity index (χ3v) is 4.25. The zero-order valence-electron chi connectivity index (χ0n) is 13.6. The number of nitrogens with zero attached hydrogens (tertiary/aromatic N) is 1. The maximum absolute atomic E-state index is 12.9. The lowest BCUT2D eigenvalue weighted by molar-refractivity contribution is 0.0982. The molecule has 0 fully saturated rings. The first-order chi connectivity index (χ1) is 11.0. The largest absolute Gasteiger partial charge is 0.379 e. The van der Waals surface area contributed by atoms with Gasteiger partial charge in [-0.1, -0.05) is 26.0 Å². The summed E-state index contributed by atoms with van der Waals surface area (Å²) in [5.41, 5.74) is 2.32. The van der Waals surface area contributed by atoms with Crippen molar-refractivity contribution in [2.45, 2.75) is 26.8 Å². The number of para-hydroxylation sites is 2. The van der Waals surface area contributed by atoms with Crippen LogP contribution in [-0.2, 0) is 0 Å². The van der Waals surface area contributed by atoms with Gasteiger partial charge < -0.3 is 15.2 Å². The highest BCUT2D eigenvalue weighted by Crippen LogP contribution is 2.32. The van der Waals surface area contributed by atoms with Crippen LogP contribution in [0.1, 0.15) is 29.9 Å². The highest BCUT2D eigenvalue weighted by Gasteiger charge is 2.30. The van der Waals surface area contributed by atoms with Crippen molar-refractivity contribution in [3.8, 4) is 0 Å². The highest BCUT2D eigenvalue weighted by atomic mass is 16.2. The lowest BCUT2D eigenvalue weighted by atomic mass is 9.99. The Morgan fingerprint density at radius 3 is 2.65 bits per heavy atom. The summed E-state index contributed by atoms with van der Waals surface area (Å²) in [5, 5.41) is 3.48. The average Bonchev–Trinajstić information content (AvgIpc) is 2.53. The number of H-pyrrole nitrogens is 1. The van der Waals surface area contributed by atoms with Crippen molar-refractivity contribution < 1.29 is 4.79 Å². The zero-order valence-corrected chi connectivity index (χ0v) is 13.6. The number of carbonyl (C=O) groups is 1. The van der Waals surface area contributed by atoms with E-state index in [4.69, 9.17) is 0 Å². The molecule has 1 aliphatic heterocycles. The van der Waals surface area contributed by atoms with Crippen LogP contribution in [0.15, 0.2) is 41.2 Å². The molecule has 0 bridgehead atoms. The van der Waals surface area contributed by atoms with Gasteiger partial charge in [-0.25, -0.2) is 0 Å². The number of rotatable bonds is 2. The minimum atomic E-state index is -0.341. The number of aromatic nitrogens is 1. The molecular formula is C18H21N3O2. The first-order valence-electron chi connectivity index (χ1n) is 7.84. The molecule has 2 heterocycles. The number of fused-ring (bicyclic) bond motifs is 1. The molecule has 1 aliphatic rings. The first-order valence-corrected chi connectivity index (χ1v) is 7.84. The van der Waals surface area contributed by atoms with Gasteiger partial charge in [-0.05, 0) is 37.1 Å². The summed E-state index contributed by atoms with van der Waals surface area (Å²) in [6.45, 7) is 6.57. The molecule has 0 unspecified atom stereocenters. The van der Waals surface area contributed by atoms with E-state index >= 15 is 0 Å². The number of aromatic amines is 1. The summed E-state index contributed by atoms with van der Waals surface area (Å²) in [6.07, 6.45) is 0. The van der Waals surface area contributed by atoms with Gasteiger partial charge in [0.15, 0.2) is 0 Å². The Kier molecular flexibility index (Phi) is 3.94. The molecule has 1 atom stereocenters. The van der Waals surface area contributed by atoms with E-state index in [-0.39, 0.29) is 23.1 Å². The van der Waals surface area contributed by atoms with Gasteiger partial charge in [-0.3, -0.25) is 9.59 Å². The van der Waals surface area contributed by atoms with Crippen molar-refractivity contribution in [3.05, 3.63) is 58.0 Å². The Hall–Kier alpha value is -2.56. The van der Waals surface area contributed by atoms with E-state index in [1.807, 2.05) is 24.3 Å². The summed E-state index contributed by atoms with van der Waals surface area (Å²) in [7, 11) is 0. The molecule has 3 rings (SSSR count). The quantitative estimate of drug-likeness (QED) is 0.896. The Morgan fingerprint density at radius 2 is 1.96 bits per heavy atom. The molecular weight excluding hydrogens is 290 g/mol. The van der Waals surface area contributed by atoms with Crippen LogP contribution >= 0.6 is 0 Å². The highest BCUT2D eigenvalue weighted by molar-refractivity contribution is 6.08. The molecule has 2 aromatic rings. The van der Waals surface area contributed by atoms with Gasteiger partial charge in [0, 0.05) is 18.3 Å².